The molecule has 0 radical (unpaired) electrons. The summed E-state index contributed by atoms with van der Waals surface area (Å²) in [6.07, 6.45) is -2.98. The van der Waals surface area contributed by atoms with Gasteiger partial charge in [0.25, 0.3) is 0 Å². The van der Waals surface area contributed by atoms with E-state index in [1.54, 1.807) is 0 Å². The lowest BCUT2D eigenvalue weighted by atomic mass is 10.2. The SMILES string of the molecule is O=C1N=c2cc(-c3ccc(C(F)(F)F)s3)cnc2=N1. The van der Waals surface area contributed by atoms with Gasteiger partial charge < -0.3 is 0 Å². The van der Waals surface area contributed by atoms with Crippen LogP contribution in [0, 0.1) is 0 Å². The summed E-state index contributed by atoms with van der Waals surface area (Å²) in [6.45, 7) is 0. The fourth-order valence-corrected chi connectivity index (χ4v) is 2.47. The van der Waals surface area contributed by atoms with Crippen molar-refractivity contribution in [1.82, 2.24) is 4.98 Å². The van der Waals surface area contributed by atoms with Crippen molar-refractivity contribution in [2.75, 3.05) is 0 Å². The zero-order valence-corrected chi connectivity index (χ0v) is 9.92. The van der Waals surface area contributed by atoms with Gasteiger partial charge in [-0.05, 0) is 18.2 Å². The first kappa shape index (κ1) is 12.0. The van der Waals surface area contributed by atoms with Crippen molar-refractivity contribution in [3.05, 3.63) is 40.1 Å². The number of thiophene rings is 1. The minimum absolute atomic E-state index is 0.196. The van der Waals surface area contributed by atoms with Crippen LogP contribution in [0.25, 0.3) is 10.4 Å². The van der Waals surface area contributed by atoms with Crippen LogP contribution < -0.4 is 10.8 Å². The largest absolute Gasteiger partial charge is 0.425 e. The number of fused-ring (bicyclic) bond motifs is 1. The maximum Gasteiger partial charge on any atom is 0.425 e. The Morgan fingerprint density at radius 1 is 1.16 bits per heavy atom. The Hall–Kier alpha value is -2.09. The van der Waals surface area contributed by atoms with Gasteiger partial charge in [-0.2, -0.15) is 23.2 Å². The number of carbonyl (C=O) groups is 1. The molecule has 1 aliphatic heterocycles. The second-order valence-corrected chi connectivity index (χ2v) is 4.82. The highest BCUT2D eigenvalue weighted by Crippen LogP contribution is 2.37. The Kier molecular flexibility index (Phi) is 2.49. The summed E-state index contributed by atoms with van der Waals surface area (Å²) in [6, 6.07) is 3.23. The van der Waals surface area contributed by atoms with Crippen LogP contribution in [0.3, 0.4) is 0 Å². The fraction of sp³-hybridized carbons (Fsp3) is 0.0909. The van der Waals surface area contributed by atoms with E-state index in [9.17, 15) is 18.0 Å². The van der Waals surface area contributed by atoms with Crippen LogP contribution in [0.2, 0.25) is 0 Å². The highest BCUT2D eigenvalue weighted by molar-refractivity contribution is 7.15. The number of hydrogen-bond donors (Lipinski definition) is 0. The number of carbonyl (C=O) groups excluding carboxylic acids is 1. The number of amides is 2. The zero-order valence-electron chi connectivity index (χ0n) is 9.10. The van der Waals surface area contributed by atoms with Gasteiger partial charge in [-0.3, -0.25) is 0 Å². The van der Waals surface area contributed by atoms with Crippen LogP contribution in [0.15, 0.2) is 34.4 Å². The number of halogens is 3. The molecule has 2 amide bonds. The molecule has 0 saturated heterocycles. The van der Waals surface area contributed by atoms with Crippen LogP contribution in [-0.2, 0) is 6.18 Å². The third-order valence-electron chi connectivity index (χ3n) is 2.43. The van der Waals surface area contributed by atoms with Crippen molar-refractivity contribution >= 4 is 17.4 Å². The van der Waals surface area contributed by atoms with E-state index in [4.69, 9.17) is 0 Å². The van der Waals surface area contributed by atoms with Gasteiger partial charge in [0.05, 0.1) is 0 Å². The molecule has 0 bridgehead atoms. The number of urea groups is 1. The number of pyridine rings is 1. The third-order valence-corrected chi connectivity index (χ3v) is 3.61. The molecule has 0 saturated carbocycles. The van der Waals surface area contributed by atoms with E-state index in [2.05, 4.69) is 15.0 Å². The molecule has 8 heteroatoms. The summed E-state index contributed by atoms with van der Waals surface area (Å²) < 4.78 is 37.5. The van der Waals surface area contributed by atoms with Crippen LogP contribution >= 0.6 is 11.3 Å². The monoisotopic (exact) mass is 283 g/mol. The van der Waals surface area contributed by atoms with Crippen molar-refractivity contribution in [3.63, 3.8) is 0 Å². The summed E-state index contributed by atoms with van der Waals surface area (Å²) in [7, 11) is 0. The third kappa shape index (κ3) is 2.14. The summed E-state index contributed by atoms with van der Waals surface area (Å²) in [5.74, 6) is 0. The zero-order chi connectivity index (χ0) is 13.6. The fourth-order valence-electron chi connectivity index (χ4n) is 1.61. The first-order chi connectivity index (χ1) is 8.93. The second-order valence-electron chi connectivity index (χ2n) is 3.73. The Bertz CT molecular complexity index is 794. The Morgan fingerprint density at radius 2 is 1.95 bits per heavy atom. The molecule has 2 aromatic heterocycles. The topological polar surface area (TPSA) is 54.7 Å². The van der Waals surface area contributed by atoms with Crippen LogP contribution in [0.1, 0.15) is 4.88 Å². The van der Waals surface area contributed by atoms with Gasteiger partial charge in [0.2, 0.25) is 0 Å². The second kappa shape index (κ2) is 3.95. The Morgan fingerprint density at radius 3 is 2.63 bits per heavy atom. The molecule has 1 aliphatic rings. The molecule has 0 unspecified atom stereocenters. The number of rotatable bonds is 1. The van der Waals surface area contributed by atoms with Gasteiger partial charge in [0, 0.05) is 16.6 Å². The first-order valence-corrected chi connectivity index (χ1v) is 5.90. The van der Waals surface area contributed by atoms with Gasteiger partial charge >= 0.3 is 12.2 Å². The van der Waals surface area contributed by atoms with Crippen molar-refractivity contribution in [1.29, 1.82) is 0 Å². The smallest absolute Gasteiger partial charge is 0.244 e. The van der Waals surface area contributed by atoms with Crippen LogP contribution in [0.4, 0.5) is 18.0 Å². The van der Waals surface area contributed by atoms with E-state index < -0.39 is 17.1 Å². The minimum atomic E-state index is -4.36. The predicted molar refractivity (Wildman–Crippen MR) is 60.3 cm³/mol. The number of nitrogens with zero attached hydrogens (tertiary/aromatic N) is 3. The summed E-state index contributed by atoms with van der Waals surface area (Å²) in [5.41, 5.74) is 0.675. The molecular weight excluding hydrogens is 279 g/mol. The molecule has 4 nitrogen and oxygen atoms in total. The maximum atomic E-state index is 12.5. The van der Waals surface area contributed by atoms with Gasteiger partial charge in [-0.15, -0.1) is 11.3 Å². The molecule has 0 N–H and O–H groups in total. The van der Waals surface area contributed by atoms with E-state index >= 15 is 0 Å². The van der Waals surface area contributed by atoms with Crippen molar-refractivity contribution in [3.8, 4) is 10.4 Å². The summed E-state index contributed by atoms with van der Waals surface area (Å²) >= 11 is 0.617. The standard InChI is InChI=1S/C11H4F3N3OS/c12-11(13,14)8-2-1-7(19-8)5-3-6-9(15-4-5)17-10(18)16-6/h1-4H. The number of aromatic nitrogens is 1. The Labute approximate surface area is 108 Å². The minimum Gasteiger partial charge on any atom is -0.244 e. The number of alkyl halides is 3. The lowest BCUT2D eigenvalue weighted by molar-refractivity contribution is -0.134. The molecule has 0 atom stereocenters. The average molecular weight is 283 g/mol. The van der Waals surface area contributed by atoms with Gasteiger partial charge in [-0.1, -0.05) is 0 Å². The van der Waals surface area contributed by atoms with Crippen molar-refractivity contribution in [2.24, 2.45) is 9.98 Å². The maximum absolute atomic E-state index is 12.5. The molecule has 0 fully saturated rings. The first-order valence-electron chi connectivity index (χ1n) is 5.08. The molecular formula is C11H4F3N3OS. The summed E-state index contributed by atoms with van der Waals surface area (Å²) in [4.78, 5) is 21.7. The molecule has 0 spiro atoms. The van der Waals surface area contributed by atoms with E-state index in [-0.39, 0.29) is 10.8 Å². The molecule has 0 aromatic carbocycles. The average Bonchev–Trinajstić information content (AvgIpc) is 2.90. The molecule has 19 heavy (non-hydrogen) atoms. The van der Waals surface area contributed by atoms with E-state index in [0.29, 0.717) is 21.8 Å². The van der Waals surface area contributed by atoms with Crippen LogP contribution in [-0.4, -0.2) is 11.0 Å². The predicted octanol–water partition coefficient (Wildman–Crippen LogP) is 2.20. The molecule has 96 valence electrons. The number of hydrogen-bond acceptors (Lipinski definition) is 3. The van der Waals surface area contributed by atoms with Crippen molar-refractivity contribution < 1.29 is 18.0 Å². The molecule has 0 aliphatic carbocycles. The lowest BCUT2D eigenvalue weighted by Crippen LogP contribution is -2.24. The molecule has 2 aromatic rings. The van der Waals surface area contributed by atoms with Crippen LogP contribution in [0.5, 0.6) is 0 Å². The summed E-state index contributed by atoms with van der Waals surface area (Å²) in [5, 5.41) is 0.282. The van der Waals surface area contributed by atoms with E-state index in [0.717, 1.165) is 6.07 Å². The van der Waals surface area contributed by atoms with Gasteiger partial charge in [0.15, 0.2) is 5.49 Å². The lowest BCUT2D eigenvalue weighted by Gasteiger charge is -2.00. The highest BCUT2D eigenvalue weighted by atomic mass is 32.1. The van der Waals surface area contributed by atoms with Crippen molar-refractivity contribution in [2.45, 2.75) is 6.18 Å². The highest BCUT2D eigenvalue weighted by Gasteiger charge is 2.32. The Balaban J connectivity index is 2.08. The van der Waals surface area contributed by atoms with E-state index in [1.807, 2.05) is 0 Å². The van der Waals surface area contributed by atoms with Gasteiger partial charge in [0.1, 0.15) is 10.2 Å². The van der Waals surface area contributed by atoms with E-state index in [1.165, 1.54) is 18.3 Å². The normalized spacial score (nSPS) is 13.9. The quantitative estimate of drug-likeness (QED) is 0.805. The molecule has 3 rings (SSSR count). The van der Waals surface area contributed by atoms with Gasteiger partial charge in [-0.25, -0.2) is 9.78 Å². The molecule has 3 heterocycles.